The Morgan fingerprint density at radius 3 is 2.79 bits per heavy atom. The molecular formula is C18H21N. The lowest BCUT2D eigenvalue weighted by Crippen LogP contribution is -2.13. The van der Waals surface area contributed by atoms with Crippen LogP contribution >= 0.6 is 0 Å². The van der Waals surface area contributed by atoms with Crippen LogP contribution in [0, 0.1) is 0 Å². The minimum absolute atomic E-state index is 1.03. The molecule has 1 heteroatoms. The van der Waals surface area contributed by atoms with Gasteiger partial charge in [-0.2, -0.15) is 0 Å². The maximum Gasteiger partial charge on any atom is 0.0408 e. The SMILES string of the molecule is CCc1cccc(Cc2cccc3c2NCCC3)c1. The first-order valence-corrected chi connectivity index (χ1v) is 7.29. The lowest BCUT2D eigenvalue weighted by molar-refractivity contribution is 0.825. The van der Waals surface area contributed by atoms with E-state index in [1.54, 1.807) is 0 Å². The highest BCUT2D eigenvalue weighted by Crippen LogP contribution is 2.28. The Morgan fingerprint density at radius 1 is 1.05 bits per heavy atom. The molecule has 0 spiro atoms. The van der Waals surface area contributed by atoms with Crippen LogP contribution in [0.2, 0.25) is 0 Å². The third kappa shape index (κ3) is 2.65. The highest BCUT2D eigenvalue weighted by molar-refractivity contribution is 5.60. The first kappa shape index (κ1) is 12.3. The predicted molar refractivity (Wildman–Crippen MR) is 81.9 cm³/mol. The highest BCUT2D eigenvalue weighted by atomic mass is 14.9. The number of benzene rings is 2. The predicted octanol–water partition coefficient (Wildman–Crippen LogP) is 4.20. The quantitative estimate of drug-likeness (QED) is 0.862. The van der Waals surface area contributed by atoms with Gasteiger partial charge in [0.2, 0.25) is 0 Å². The molecule has 1 heterocycles. The molecule has 0 radical (unpaired) electrons. The summed E-state index contributed by atoms with van der Waals surface area (Å²) < 4.78 is 0. The van der Waals surface area contributed by atoms with Crippen LogP contribution in [0.15, 0.2) is 42.5 Å². The second-order valence-corrected chi connectivity index (χ2v) is 5.33. The van der Waals surface area contributed by atoms with E-state index in [9.17, 15) is 0 Å². The van der Waals surface area contributed by atoms with Gasteiger partial charge in [-0.1, -0.05) is 49.4 Å². The number of hydrogen-bond acceptors (Lipinski definition) is 1. The fraction of sp³-hybridized carbons (Fsp3) is 0.333. The van der Waals surface area contributed by atoms with Crippen molar-refractivity contribution in [1.82, 2.24) is 0 Å². The largest absolute Gasteiger partial charge is 0.385 e. The number of nitrogens with one attached hydrogen (secondary N) is 1. The van der Waals surface area contributed by atoms with E-state index in [2.05, 4.69) is 54.7 Å². The molecule has 0 aliphatic carbocycles. The minimum Gasteiger partial charge on any atom is -0.385 e. The van der Waals surface area contributed by atoms with Gasteiger partial charge in [-0.25, -0.2) is 0 Å². The summed E-state index contributed by atoms with van der Waals surface area (Å²) in [4.78, 5) is 0. The highest BCUT2D eigenvalue weighted by Gasteiger charge is 2.12. The number of aryl methyl sites for hydroxylation is 2. The maximum atomic E-state index is 3.58. The Balaban J connectivity index is 1.90. The van der Waals surface area contributed by atoms with Gasteiger partial charge in [0.1, 0.15) is 0 Å². The molecule has 1 aliphatic rings. The number of rotatable bonds is 3. The van der Waals surface area contributed by atoms with Gasteiger partial charge >= 0.3 is 0 Å². The molecule has 2 aromatic rings. The summed E-state index contributed by atoms with van der Waals surface area (Å²) in [6.45, 7) is 3.32. The maximum absolute atomic E-state index is 3.58. The Labute approximate surface area is 115 Å². The molecular weight excluding hydrogens is 230 g/mol. The number of anilines is 1. The van der Waals surface area contributed by atoms with Gasteiger partial charge in [0.15, 0.2) is 0 Å². The fourth-order valence-electron chi connectivity index (χ4n) is 2.91. The molecule has 0 aromatic heterocycles. The molecule has 19 heavy (non-hydrogen) atoms. The minimum atomic E-state index is 1.03. The van der Waals surface area contributed by atoms with Crippen molar-refractivity contribution in [1.29, 1.82) is 0 Å². The molecule has 0 unspecified atom stereocenters. The van der Waals surface area contributed by atoms with Gasteiger partial charge in [-0.15, -0.1) is 0 Å². The van der Waals surface area contributed by atoms with Crippen LogP contribution in [-0.4, -0.2) is 6.54 Å². The average molecular weight is 251 g/mol. The van der Waals surface area contributed by atoms with Gasteiger partial charge in [0.05, 0.1) is 0 Å². The molecule has 0 amide bonds. The zero-order valence-electron chi connectivity index (χ0n) is 11.6. The Bertz CT molecular complexity index is 572. The molecule has 1 nitrogen and oxygen atoms in total. The first-order valence-electron chi connectivity index (χ1n) is 7.29. The molecule has 0 fully saturated rings. The molecule has 1 N–H and O–H groups in total. The van der Waals surface area contributed by atoms with Crippen LogP contribution in [0.5, 0.6) is 0 Å². The van der Waals surface area contributed by atoms with Crippen molar-refractivity contribution in [3.8, 4) is 0 Å². The van der Waals surface area contributed by atoms with E-state index >= 15 is 0 Å². The van der Waals surface area contributed by atoms with E-state index in [0.717, 1.165) is 19.4 Å². The summed E-state index contributed by atoms with van der Waals surface area (Å²) in [6, 6.07) is 15.7. The summed E-state index contributed by atoms with van der Waals surface area (Å²) in [5.41, 5.74) is 7.15. The Hall–Kier alpha value is -1.76. The zero-order chi connectivity index (χ0) is 13.1. The van der Waals surface area contributed by atoms with Crippen LogP contribution in [0.3, 0.4) is 0 Å². The first-order chi connectivity index (χ1) is 9.36. The average Bonchev–Trinajstić information content (AvgIpc) is 2.48. The number of fused-ring (bicyclic) bond motifs is 1. The van der Waals surface area contributed by atoms with Crippen LogP contribution in [0.4, 0.5) is 5.69 Å². The Morgan fingerprint density at radius 2 is 1.89 bits per heavy atom. The van der Waals surface area contributed by atoms with Gasteiger partial charge in [0, 0.05) is 12.2 Å². The molecule has 98 valence electrons. The molecule has 2 aromatic carbocycles. The van der Waals surface area contributed by atoms with E-state index in [1.165, 1.54) is 40.8 Å². The van der Waals surface area contributed by atoms with E-state index < -0.39 is 0 Å². The van der Waals surface area contributed by atoms with Crippen molar-refractivity contribution in [3.63, 3.8) is 0 Å². The topological polar surface area (TPSA) is 12.0 Å². The van der Waals surface area contributed by atoms with Crippen molar-refractivity contribution in [2.75, 3.05) is 11.9 Å². The van der Waals surface area contributed by atoms with Crippen molar-refractivity contribution in [2.24, 2.45) is 0 Å². The van der Waals surface area contributed by atoms with Crippen LogP contribution in [0.25, 0.3) is 0 Å². The number of hydrogen-bond donors (Lipinski definition) is 1. The van der Waals surface area contributed by atoms with Crippen LogP contribution < -0.4 is 5.32 Å². The normalized spacial score (nSPS) is 13.7. The van der Waals surface area contributed by atoms with Crippen LogP contribution in [0.1, 0.15) is 35.6 Å². The van der Waals surface area contributed by atoms with E-state index in [-0.39, 0.29) is 0 Å². The van der Waals surface area contributed by atoms with E-state index in [0.29, 0.717) is 0 Å². The molecule has 0 atom stereocenters. The molecule has 0 bridgehead atoms. The summed E-state index contributed by atoms with van der Waals surface area (Å²) in [5, 5.41) is 3.58. The summed E-state index contributed by atoms with van der Waals surface area (Å²) in [6.07, 6.45) is 4.61. The van der Waals surface area contributed by atoms with Gasteiger partial charge in [-0.3, -0.25) is 0 Å². The molecule has 1 aliphatic heterocycles. The number of para-hydroxylation sites is 1. The third-order valence-electron chi connectivity index (χ3n) is 3.96. The summed E-state index contributed by atoms with van der Waals surface area (Å²) in [7, 11) is 0. The van der Waals surface area contributed by atoms with Gasteiger partial charge < -0.3 is 5.32 Å². The fourth-order valence-corrected chi connectivity index (χ4v) is 2.91. The van der Waals surface area contributed by atoms with Crippen molar-refractivity contribution in [3.05, 3.63) is 64.7 Å². The smallest absolute Gasteiger partial charge is 0.0408 e. The lowest BCUT2D eigenvalue weighted by atomic mass is 9.95. The monoisotopic (exact) mass is 251 g/mol. The molecule has 0 saturated heterocycles. The van der Waals surface area contributed by atoms with Gasteiger partial charge in [0.25, 0.3) is 0 Å². The van der Waals surface area contributed by atoms with Crippen molar-refractivity contribution < 1.29 is 0 Å². The lowest BCUT2D eigenvalue weighted by Gasteiger charge is -2.21. The molecule has 0 saturated carbocycles. The van der Waals surface area contributed by atoms with E-state index in [1.807, 2.05) is 0 Å². The zero-order valence-corrected chi connectivity index (χ0v) is 11.6. The second-order valence-electron chi connectivity index (χ2n) is 5.33. The third-order valence-corrected chi connectivity index (χ3v) is 3.96. The molecule has 3 rings (SSSR count). The van der Waals surface area contributed by atoms with Crippen LogP contribution in [-0.2, 0) is 19.3 Å². The van der Waals surface area contributed by atoms with E-state index in [4.69, 9.17) is 0 Å². The van der Waals surface area contributed by atoms with Crippen molar-refractivity contribution >= 4 is 5.69 Å². The summed E-state index contributed by atoms with van der Waals surface area (Å²) >= 11 is 0. The van der Waals surface area contributed by atoms with Crippen molar-refractivity contribution in [2.45, 2.75) is 32.6 Å². The Kier molecular flexibility index (Phi) is 3.54. The second kappa shape index (κ2) is 5.48. The van der Waals surface area contributed by atoms with Gasteiger partial charge in [-0.05, 0) is 47.9 Å². The summed E-state index contributed by atoms with van der Waals surface area (Å²) in [5.74, 6) is 0. The standard InChI is InChI=1S/C18H21N/c1-2-14-6-3-7-15(12-14)13-17-9-4-8-16-10-5-11-19-18(16)17/h3-4,6-9,12,19H,2,5,10-11,13H2,1H3.